The topological polar surface area (TPSA) is 151 Å². The second kappa shape index (κ2) is 12.7. The molecule has 0 bridgehead atoms. The monoisotopic (exact) mass is 591 g/mol. The molecule has 1 aliphatic heterocycles. The number of piperidine rings is 1. The minimum atomic E-state index is -0.948. The maximum Gasteiger partial charge on any atom is 0.335 e. The Balaban J connectivity index is 0.00000353. The minimum absolute atomic E-state index is 0. The average Bonchev–Trinajstić information content (AvgIpc) is 3.72. The van der Waals surface area contributed by atoms with E-state index < -0.39 is 5.97 Å². The van der Waals surface area contributed by atoms with Gasteiger partial charge in [0.25, 0.3) is 0 Å². The number of halogens is 1. The maximum atomic E-state index is 11.7. The molecule has 0 aliphatic carbocycles. The standard InChI is InChI=1S/C29H31ClN8O3.H3N/c1-2-36-19-31-15-24(36)16-37-26-13-20(29(39)40)3-6-25(26)33-27(37)17-35-10-7-23(8-11-35)38-12-9-28(34-38)41-18-22-5-4-21(30)14-32-22;/h3-6,9,12-15,19,23H,2,7-8,10-11,16-18H2,1H3,(H,39,40);1H3. The number of fused-ring (bicyclic) bond motifs is 1. The third-order valence-electron chi connectivity index (χ3n) is 7.57. The van der Waals surface area contributed by atoms with E-state index in [1.807, 2.05) is 35.5 Å². The Hall–Kier alpha value is -4.26. The van der Waals surface area contributed by atoms with Crippen molar-refractivity contribution in [1.29, 1.82) is 0 Å². The van der Waals surface area contributed by atoms with Crippen molar-refractivity contribution in [3.05, 3.63) is 89.1 Å². The fourth-order valence-electron chi connectivity index (χ4n) is 5.31. The third kappa shape index (κ3) is 6.30. The average molecular weight is 592 g/mol. The molecule has 5 aromatic rings. The first kappa shape index (κ1) is 29.2. The van der Waals surface area contributed by atoms with E-state index in [2.05, 4.69) is 36.0 Å². The molecule has 5 heterocycles. The van der Waals surface area contributed by atoms with E-state index in [9.17, 15) is 9.90 Å². The Bertz CT molecular complexity index is 1650. The molecule has 13 heteroatoms. The van der Waals surface area contributed by atoms with Crippen molar-refractivity contribution in [3.63, 3.8) is 0 Å². The molecule has 220 valence electrons. The molecule has 6 rings (SSSR count). The molecule has 4 N–H and O–H groups in total. The lowest BCUT2D eigenvalue weighted by Crippen LogP contribution is -2.35. The quantitative estimate of drug-likeness (QED) is 0.233. The van der Waals surface area contributed by atoms with E-state index in [1.165, 1.54) is 0 Å². The lowest BCUT2D eigenvalue weighted by molar-refractivity contribution is 0.0697. The van der Waals surface area contributed by atoms with Crippen LogP contribution in [0.25, 0.3) is 11.0 Å². The molecule has 1 aliphatic rings. The van der Waals surface area contributed by atoms with Gasteiger partial charge in [-0.25, -0.2) is 14.8 Å². The number of pyridine rings is 1. The van der Waals surface area contributed by atoms with Crippen LogP contribution in [0.4, 0.5) is 0 Å². The molecule has 0 saturated carbocycles. The van der Waals surface area contributed by atoms with Gasteiger partial charge in [-0.1, -0.05) is 11.6 Å². The van der Waals surface area contributed by atoms with Crippen LogP contribution in [0.1, 0.15) is 53.4 Å². The highest BCUT2D eigenvalue weighted by Gasteiger charge is 2.24. The van der Waals surface area contributed by atoms with Crippen molar-refractivity contribution < 1.29 is 14.6 Å². The number of hydrogen-bond acceptors (Lipinski definition) is 8. The highest BCUT2D eigenvalue weighted by Crippen LogP contribution is 2.26. The summed E-state index contributed by atoms with van der Waals surface area (Å²) in [5, 5.41) is 14.8. The summed E-state index contributed by atoms with van der Waals surface area (Å²) in [5.41, 5.74) is 3.71. The number of rotatable bonds is 10. The van der Waals surface area contributed by atoms with E-state index in [0.717, 1.165) is 60.7 Å². The Morgan fingerprint density at radius 3 is 2.69 bits per heavy atom. The lowest BCUT2D eigenvalue weighted by atomic mass is 10.1. The molecule has 4 aromatic heterocycles. The first-order valence-electron chi connectivity index (χ1n) is 13.7. The predicted octanol–water partition coefficient (Wildman–Crippen LogP) is 4.82. The summed E-state index contributed by atoms with van der Waals surface area (Å²) < 4.78 is 12.0. The number of carboxylic acids is 1. The van der Waals surface area contributed by atoms with E-state index in [1.54, 1.807) is 30.5 Å². The number of hydrogen-bond donors (Lipinski definition) is 2. The van der Waals surface area contributed by atoms with E-state index in [4.69, 9.17) is 21.3 Å². The van der Waals surface area contributed by atoms with Gasteiger partial charge in [-0.3, -0.25) is 14.6 Å². The third-order valence-corrected chi connectivity index (χ3v) is 7.79. The van der Waals surface area contributed by atoms with Gasteiger partial charge in [0.2, 0.25) is 5.88 Å². The maximum absolute atomic E-state index is 11.7. The Morgan fingerprint density at radius 2 is 1.95 bits per heavy atom. The van der Waals surface area contributed by atoms with Crippen LogP contribution in [0, 0.1) is 0 Å². The number of ether oxygens (including phenoxy) is 1. The second-order valence-electron chi connectivity index (χ2n) is 10.2. The summed E-state index contributed by atoms with van der Waals surface area (Å²) >= 11 is 5.91. The van der Waals surface area contributed by atoms with Gasteiger partial charge in [-0.2, -0.15) is 0 Å². The van der Waals surface area contributed by atoms with Crippen molar-refractivity contribution in [2.75, 3.05) is 13.1 Å². The molecular formula is C29H34ClN9O3. The van der Waals surface area contributed by atoms with Gasteiger partial charge in [-0.15, -0.1) is 5.10 Å². The Morgan fingerprint density at radius 1 is 1.12 bits per heavy atom. The minimum Gasteiger partial charge on any atom is -0.478 e. The number of carbonyl (C=O) groups is 1. The molecule has 1 aromatic carbocycles. The van der Waals surface area contributed by atoms with Crippen LogP contribution in [0.15, 0.2) is 61.3 Å². The summed E-state index contributed by atoms with van der Waals surface area (Å²) in [6, 6.07) is 10.9. The van der Waals surface area contributed by atoms with E-state index in [0.29, 0.717) is 30.6 Å². The fraction of sp³-hybridized carbons (Fsp3) is 0.345. The molecule has 0 amide bonds. The number of aromatic carboxylic acids is 1. The SMILES string of the molecule is CCn1cncc1Cn1c(CN2CCC(n3ccc(OCc4ccc(Cl)cn4)n3)CC2)nc2ccc(C(=O)O)cc21.N. The lowest BCUT2D eigenvalue weighted by Gasteiger charge is -2.31. The summed E-state index contributed by atoms with van der Waals surface area (Å²) in [4.78, 5) is 27.6. The first-order chi connectivity index (χ1) is 20.0. The van der Waals surface area contributed by atoms with Crippen LogP contribution >= 0.6 is 11.6 Å². The summed E-state index contributed by atoms with van der Waals surface area (Å²) in [5.74, 6) is 0.538. The number of aromatic nitrogens is 7. The Kier molecular flexibility index (Phi) is 8.86. The molecule has 0 radical (unpaired) electrons. The normalized spacial score (nSPS) is 14.2. The number of carboxylic acid groups (broad SMARTS) is 1. The fourth-order valence-corrected chi connectivity index (χ4v) is 5.42. The molecule has 42 heavy (non-hydrogen) atoms. The second-order valence-corrected chi connectivity index (χ2v) is 10.6. The van der Waals surface area contributed by atoms with E-state index >= 15 is 0 Å². The van der Waals surface area contributed by atoms with Crippen molar-refractivity contribution in [1.82, 2.24) is 44.9 Å². The van der Waals surface area contributed by atoms with Crippen LogP contribution in [0.5, 0.6) is 5.88 Å². The number of benzene rings is 1. The highest BCUT2D eigenvalue weighted by molar-refractivity contribution is 6.30. The van der Waals surface area contributed by atoms with Crippen LogP contribution in [0.3, 0.4) is 0 Å². The smallest absolute Gasteiger partial charge is 0.335 e. The molecule has 0 unspecified atom stereocenters. The van der Waals surface area contributed by atoms with Gasteiger partial charge >= 0.3 is 5.97 Å². The zero-order valence-electron chi connectivity index (χ0n) is 23.4. The van der Waals surface area contributed by atoms with Crippen LogP contribution in [0.2, 0.25) is 5.02 Å². The van der Waals surface area contributed by atoms with E-state index in [-0.39, 0.29) is 17.8 Å². The number of aryl methyl sites for hydroxylation is 1. The van der Waals surface area contributed by atoms with Gasteiger partial charge in [0.05, 0.1) is 58.5 Å². The van der Waals surface area contributed by atoms with Gasteiger partial charge in [-0.05, 0) is 50.1 Å². The van der Waals surface area contributed by atoms with Crippen LogP contribution in [-0.4, -0.2) is 62.9 Å². The molecule has 0 atom stereocenters. The van der Waals surface area contributed by atoms with Crippen molar-refractivity contribution in [2.45, 2.75) is 52.0 Å². The number of nitrogens with zero attached hydrogens (tertiary/aromatic N) is 8. The number of likely N-dealkylation sites (tertiary alicyclic amines) is 1. The van der Waals surface area contributed by atoms with Crippen molar-refractivity contribution in [2.24, 2.45) is 0 Å². The largest absolute Gasteiger partial charge is 0.478 e. The molecule has 0 spiro atoms. The Labute approximate surface area is 248 Å². The van der Waals surface area contributed by atoms with Crippen LogP contribution < -0.4 is 10.9 Å². The summed E-state index contributed by atoms with van der Waals surface area (Å²) in [7, 11) is 0. The molecule has 1 saturated heterocycles. The van der Waals surface area contributed by atoms with Crippen LogP contribution in [-0.2, 0) is 26.2 Å². The molecule has 12 nitrogen and oxygen atoms in total. The zero-order valence-corrected chi connectivity index (χ0v) is 24.2. The predicted molar refractivity (Wildman–Crippen MR) is 158 cm³/mol. The van der Waals surface area contributed by atoms with Crippen molar-refractivity contribution in [3.8, 4) is 5.88 Å². The molecule has 1 fully saturated rings. The first-order valence-corrected chi connectivity index (χ1v) is 14.1. The zero-order chi connectivity index (χ0) is 28.3. The van der Waals surface area contributed by atoms with Gasteiger partial charge in [0.15, 0.2) is 0 Å². The molecular weight excluding hydrogens is 558 g/mol. The van der Waals surface area contributed by atoms with Gasteiger partial charge in [0.1, 0.15) is 12.4 Å². The summed E-state index contributed by atoms with van der Waals surface area (Å²) in [6.45, 7) is 6.25. The van der Waals surface area contributed by atoms with Gasteiger partial charge in [0, 0.05) is 44.3 Å². The number of imidazole rings is 2. The van der Waals surface area contributed by atoms with Crippen molar-refractivity contribution >= 4 is 28.6 Å². The summed E-state index contributed by atoms with van der Waals surface area (Å²) in [6.07, 6.45) is 9.16. The highest BCUT2D eigenvalue weighted by atomic mass is 35.5. The van der Waals surface area contributed by atoms with Gasteiger partial charge < -0.3 is 25.1 Å².